The summed E-state index contributed by atoms with van der Waals surface area (Å²) in [6.07, 6.45) is 0.498. The van der Waals surface area contributed by atoms with Crippen LogP contribution in [-0.4, -0.2) is 69.2 Å². The number of aliphatic hydroxyl groups excluding tert-OH is 1. The molecule has 1 aromatic carbocycles. The highest BCUT2D eigenvalue weighted by atomic mass is 16.5. The molecule has 0 amide bonds. The lowest BCUT2D eigenvalue weighted by Gasteiger charge is -2.28. The molecule has 5 nitrogen and oxygen atoms in total. The minimum absolute atomic E-state index is 0.376. The Morgan fingerprint density at radius 2 is 2.10 bits per heavy atom. The van der Waals surface area contributed by atoms with Crippen LogP contribution in [0.2, 0.25) is 0 Å². The molecule has 118 valence electrons. The van der Waals surface area contributed by atoms with Gasteiger partial charge < -0.3 is 19.9 Å². The fraction of sp³-hybridized carbons (Fsp3) is 0.625. The summed E-state index contributed by atoms with van der Waals surface area (Å²) < 4.78 is 10.4. The number of benzene rings is 1. The number of morpholine rings is 1. The molecular weight excluding hydrogens is 268 g/mol. The lowest BCUT2D eigenvalue weighted by Crippen LogP contribution is -2.42. The zero-order valence-corrected chi connectivity index (χ0v) is 12.8. The smallest absolute Gasteiger partial charge is 0.0839 e. The van der Waals surface area contributed by atoms with Crippen LogP contribution in [0.3, 0.4) is 0 Å². The van der Waals surface area contributed by atoms with Crippen molar-refractivity contribution < 1.29 is 14.6 Å². The molecule has 1 unspecified atom stereocenters. The topological polar surface area (TPSA) is 54.0 Å². The van der Waals surface area contributed by atoms with E-state index in [1.54, 1.807) is 7.11 Å². The number of para-hydroxylation sites is 1. The summed E-state index contributed by atoms with van der Waals surface area (Å²) in [7, 11) is 1.71. The standard InChI is InChI=1S/C16H26N2O3/c1-20-9-6-14-4-2-3-5-16(14)17-12-15(19)13-18-7-10-21-11-8-18/h2-5,15,17,19H,6-13H2,1H3. The summed E-state index contributed by atoms with van der Waals surface area (Å²) in [4.78, 5) is 2.24. The molecule has 2 N–H and O–H groups in total. The van der Waals surface area contributed by atoms with Crippen LogP contribution in [0.25, 0.3) is 0 Å². The van der Waals surface area contributed by atoms with Gasteiger partial charge in [0.15, 0.2) is 0 Å². The maximum Gasteiger partial charge on any atom is 0.0839 e. The SMILES string of the molecule is COCCc1ccccc1NCC(O)CN1CCOCC1. The number of anilines is 1. The van der Waals surface area contributed by atoms with E-state index in [-0.39, 0.29) is 6.10 Å². The second-order valence-electron chi connectivity index (χ2n) is 5.35. The van der Waals surface area contributed by atoms with E-state index in [0.29, 0.717) is 19.7 Å². The van der Waals surface area contributed by atoms with Gasteiger partial charge in [0.05, 0.1) is 25.9 Å². The van der Waals surface area contributed by atoms with Crippen LogP contribution in [0.1, 0.15) is 5.56 Å². The van der Waals surface area contributed by atoms with Crippen LogP contribution in [0.15, 0.2) is 24.3 Å². The van der Waals surface area contributed by atoms with E-state index in [2.05, 4.69) is 16.3 Å². The van der Waals surface area contributed by atoms with Crippen molar-refractivity contribution in [3.63, 3.8) is 0 Å². The number of methoxy groups -OCH3 is 1. The lowest BCUT2D eigenvalue weighted by molar-refractivity contribution is 0.0171. The average Bonchev–Trinajstić information content (AvgIpc) is 2.52. The Morgan fingerprint density at radius 1 is 1.33 bits per heavy atom. The van der Waals surface area contributed by atoms with Gasteiger partial charge in [-0.2, -0.15) is 0 Å². The van der Waals surface area contributed by atoms with Gasteiger partial charge in [-0.3, -0.25) is 4.90 Å². The largest absolute Gasteiger partial charge is 0.390 e. The minimum Gasteiger partial charge on any atom is -0.390 e. The number of β-amino-alcohol motifs (C(OH)–C–C–N with tert-alkyl or cyclic N) is 1. The van der Waals surface area contributed by atoms with Gasteiger partial charge in [0.2, 0.25) is 0 Å². The number of nitrogens with one attached hydrogen (secondary N) is 1. The lowest BCUT2D eigenvalue weighted by atomic mass is 10.1. The van der Waals surface area contributed by atoms with Gasteiger partial charge in [0, 0.05) is 39.0 Å². The fourth-order valence-corrected chi connectivity index (χ4v) is 2.50. The van der Waals surface area contributed by atoms with Crippen LogP contribution in [0, 0.1) is 0 Å². The molecule has 0 spiro atoms. The van der Waals surface area contributed by atoms with Gasteiger partial charge >= 0.3 is 0 Å². The molecule has 0 aromatic heterocycles. The molecule has 1 aliphatic heterocycles. The van der Waals surface area contributed by atoms with Gasteiger partial charge in [-0.1, -0.05) is 18.2 Å². The summed E-state index contributed by atoms with van der Waals surface area (Å²) in [5, 5.41) is 13.5. The molecule has 1 aliphatic rings. The number of rotatable bonds is 8. The van der Waals surface area contributed by atoms with E-state index in [1.165, 1.54) is 5.56 Å². The first-order valence-corrected chi connectivity index (χ1v) is 7.58. The number of hydrogen-bond donors (Lipinski definition) is 2. The second kappa shape index (κ2) is 9.00. The van der Waals surface area contributed by atoms with Crippen molar-refractivity contribution in [3.8, 4) is 0 Å². The van der Waals surface area contributed by atoms with Crippen LogP contribution < -0.4 is 5.32 Å². The maximum absolute atomic E-state index is 10.2. The fourth-order valence-electron chi connectivity index (χ4n) is 2.50. The molecule has 0 saturated carbocycles. The molecule has 21 heavy (non-hydrogen) atoms. The maximum atomic E-state index is 10.2. The van der Waals surface area contributed by atoms with Gasteiger partial charge in [-0.05, 0) is 18.1 Å². The first kappa shape index (κ1) is 16.2. The highest BCUT2D eigenvalue weighted by Gasteiger charge is 2.14. The third kappa shape index (κ3) is 5.63. The predicted octanol–water partition coefficient (Wildman–Crippen LogP) is 0.980. The molecule has 1 aromatic rings. The Kier molecular flexibility index (Phi) is 6.95. The van der Waals surface area contributed by atoms with Crippen molar-refractivity contribution in [1.29, 1.82) is 0 Å². The number of hydrogen-bond acceptors (Lipinski definition) is 5. The van der Waals surface area contributed by atoms with Crippen molar-refractivity contribution in [2.24, 2.45) is 0 Å². The Labute approximate surface area is 126 Å². The van der Waals surface area contributed by atoms with Crippen molar-refractivity contribution in [3.05, 3.63) is 29.8 Å². The number of aliphatic hydroxyl groups is 1. The van der Waals surface area contributed by atoms with E-state index in [4.69, 9.17) is 9.47 Å². The third-order valence-electron chi connectivity index (χ3n) is 3.69. The predicted molar refractivity (Wildman–Crippen MR) is 83.8 cm³/mol. The van der Waals surface area contributed by atoms with E-state index >= 15 is 0 Å². The van der Waals surface area contributed by atoms with Crippen molar-refractivity contribution in [1.82, 2.24) is 4.90 Å². The first-order chi connectivity index (χ1) is 10.3. The van der Waals surface area contributed by atoms with Crippen LogP contribution in [0.4, 0.5) is 5.69 Å². The molecule has 1 saturated heterocycles. The Morgan fingerprint density at radius 3 is 2.86 bits per heavy atom. The van der Waals surface area contributed by atoms with Crippen LogP contribution in [-0.2, 0) is 15.9 Å². The molecule has 5 heteroatoms. The van der Waals surface area contributed by atoms with E-state index < -0.39 is 0 Å². The van der Waals surface area contributed by atoms with Crippen molar-refractivity contribution >= 4 is 5.69 Å². The summed E-state index contributed by atoms with van der Waals surface area (Å²) in [5.74, 6) is 0. The average molecular weight is 294 g/mol. The highest BCUT2D eigenvalue weighted by molar-refractivity contribution is 5.51. The van der Waals surface area contributed by atoms with Gasteiger partial charge in [-0.25, -0.2) is 0 Å². The number of ether oxygens (including phenoxy) is 2. The van der Waals surface area contributed by atoms with Crippen LogP contribution >= 0.6 is 0 Å². The van der Waals surface area contributed by atoms with Crippen LogP contribution in [0.5, 0.6) is 0 Å². The molecule has 1 heterocycles. The second-order valence-corrected chi connectivity index (χ2v) is 5.35. The van der Waals surface area contributed by atoms with Gasteiger partial charge in [0.25, 0.3) is 0 Å². The molecule has 2 rings (SSSR count). The highest BCUT2D eigenvalue weighted by Crippen LogP contribution is 2.15. The van der Waals surface area contributed by atoms with Crippen molar-refractivity contribution in [2.45, 2.75) is 12.5 Å². The summed E-state index contributed by atoms with van der Waals surface area (Å²) in [6, 6.07) is 8.18. The Balaban J connectivity index is 1.78. The molecule has 0 aliphatic carbocycles. The Hall–Kier alpha value is -1.14. The van der Waals surface area contributed by atoms with E-state index in [1.807, 2.05) is 18.2 Å². The molecule has 1 atom stereocenters. The summed E-state index contributed by atoms with van der Waals surface area (Å²) >= 11 is 0. The van der Waals surface area contributed by atoms with Gasteiger partial charge in [-0.15, -0.1) is 0 Å². The zero-order valence-electron chi connectivity index (χ0n) is 12.8. The quantitative estimate of drug-likeness (QED) is 0.748. The first-order valence-electron chi connectivity index (χ1n) is 7.58. The monoisotopic (exact) mass is 294 g/mol. The molecule has 1 fully saturated rings. The normalized spacial score (nSPS) is 17.6. The molecule has 0 bridgehead atoms. The summed E-state index contributed by atoms with van der Waals surface area (Å²) in [6.45, 7) is 5.29. The third-order valence-corrected chi connectivity index (χ3v) is 3.69. The Bertz CT molecular complexity index is 408. The molecular formula is C16H26N2O3. The summed E-state index contributed by atoms with van der Waals surface area (Å²) in [5.41, 5.74) is 2.30. The van der Waals surface area contributed by atoms with Gasteiger partial charge in [0.1, 0.15) is 0 Å². The van der Waals surface area contributed by atoms with E-state index in [0.717, 1.165) is 38.4 Å². The van der Waals surface area contributed by atoms with Crippen molar-refractivity contribution in [2.75, 3.05) is 58.4 Å². The van der Waals surface area contributed by atoms with E-state index in [9.17, 15) is 5.11 Å². The zero-order chi connectivity index (χ0) is 14.9. The number of nitrogens with zero attached hydrogens (tertiary/aromatic N) is 1. The molecule has 0 radical (unpaired) electrons. The minimum atomic E-state index is -0.376.